The summed E-state index contributed by atoms with van der Waals surface area (Å²) < 4.78 is 201. The molecule has 0 heterocycles. The van der Waals surface area contributed by atoms with E-state index in [1.807, 2.05) is 161 Å². The number of hydrogen-bond donors (Lipinski definition) is 0. The minimum atomic E-state index is -5.19. The third-order valence-electron chi connectivity index (χ3n) is 21.5. The molecule has 16 nitrogen and oxygen atoms in total. The Labute approximate surface area is 776 Å². The number of benzene rings is 8. The fraction of sp³-hybridized carbons (Fsp3) is 0.495. The minimum Gasteiger partial charge on any atom is -0.265 e. The fourth-order valence-electron chi connectivity index (χ4n) is 12.9. The molecule has 0 spiro atoms. The van der Waals surface area contributed by atoms with E-state index >= 15 is 0 Å². The van der Waals surface area contributed by atoms with Gasteiger partial charge in [0.2, 0.25) is 0 Å². The van der Waals surface area contributed by atoms with E-state index in [-0.39, 0.29) is 122 Å². The summed E-state index contributed by atoms with van der Waals surface area (Å²) in [7, 11) is -17.1. The number of aryl methyl sites for hydroxylation is 3. The molecule has 0 aromatic heterocycles. The van der Waals surface area contributed by atoms with E-state index in [2.05, 4.69) is 118 Å². The van der Waals surface area contributed by atoms with Gasteiger partial charge in [-0.25, -0.2) is 0 Å². The number of halogens is 6. The first-order valence-electron chi connectivity index (χ1n) is 41.1. The average molecular weight is 1880 g/mol. The van der Waals surface area contributed by atoms with E-state index in [9.17, 15) is 60.0 Å². The van der Waals surface area contributed by atoms with E-state index < -0.39 is 68.8 Å². The Morgan fingerprint density at radius 1 is 0.287 bits per heavy atom. The Bertz CT molecular complexity index is 5140. The maximum absolute atomic E-state index is 13.4. The van der Waals surface area contributed by atoms with Gasteiger partial charge in [-0.15, -0.1) is 0 Å². The molecule has 726 valence electrons. The molecule has 4 atom stereocenters. The van der Waals surface area contributed by atoms with Gasteiger partial charge >= 0.3 is 52.8 Å². The van der Waals surface area contributed by atoms with Crippen molar-refractivity contribution < 1.29 is 77.1 Å². The lowest BCUT2D eigenvalue weighted by Gasteiger charge is -2.21. The SMILES string of the molecule is C.C.C.C.C.C.C.C.CCC(C)c1ccc(/C(C)=N\OS(=O)(=O)c2c(C(C)C)cc(C(C)C)cc2C(C)C)cc1.CCC(C)c1ccc(/C(C)=N\OS(=O)(=O)c2c(C(C)C)cc(C(C)C)cc2C(C)C)cc1.CCC(C)c1ccc(/C(C)=N\OS(=O)(=O)c2c(C)cc(C)cc2C)cc1.CCC(C)c1ccc(/C(C)=N\OS(=O)(=O)c2cc(C(F)(F)F)cc(C(F)(F)F)c2)cc1. The summed E-state index contributed by atoms with van der Waals surface area (Å²) in [5.74, 6) is 2.53. The molecule has 26 heteroatoms. The molecule has 8 aromatic carbocycles. The maximum atomic E-state index is 13.4. The highest BCUT2D eigenvalue weighted by atomic mass is 32.2. The topological polar surface area (TPSA) is 223 Å². The molecule has 0 aliphatic heterocycles. The predicted octanol–water partition coefficient (Wildman–Crippen LogP) is 32.1. The molecule has 0 saturated carbocycles. The summed E-state index contributed by atoms with van der Waals surface area (Å²) in [5.41, 5.74) is 13.6. The van der Waals surface area contributed by atoms with Crippen LogP contribution in [0.15, 0.2) is 192 Å². The van der Waals surface area contributed by atoms with Crippen molar-refractivity contribution in [2.75, 3.05) is 0 Å². The Balaban J connectivity index is -0.000000793. The lowest BCUT2D eigenvalue weighted by Crippen LogP contribution is -2.14. The summed E-state index contributed by atoms with van der Waals surface area (Å²) in [6, 6.07) is 42.6. The maximum Gasteiger partial charge on any atom is 0.416 e. The summed E-state index contributed by atoms with van der Waals surface area (Å²) in [5, 5.41) is 15.3. The molecule has 0 fully saturated rings. The van der Waals surface area contributed by atoms with Crippen LogP contribution in [0, 0.1) is 20.8 Å². The van der Waals surface area contributed by atoms with Crippen LogP contribution >= 0.6 is 0 Å². The van der Waals surface area contributed by atoms with Crippen LogP contribution < -0.4 is 0 Å². The highest BCUT2D eigenvalue weighted by Crippen LogP contribution is 2.41. The van der Waals surface area contributed by atoms with Crippen molar-refractivity contribution >= 4 is 63.3 Å². The molecule has 8 rings (SSSR count). The zero-order chi connectivity index (χ0) is 91.5. The van der Waals surface area contributed by atoms with E-state index in [4.69, 9.17) is 12.9 Å². The smallest absolute Gasteiger partial charge is 0.265 e. The third-order valence-corrected chi connectivity index (χ3v) is 26.5. The van der Waals surface area contributed by atoms with Crippen LogP contribution in [0.1, 0.15) is 416 Å². The molecule has 0 saturated heterocycles. The average Bonchev–Trinajstić information content (AvgIpc) is 0.768. The summed E-state index contributed by atoms with van der Waals surface area (Å²) in [6.45, 7) is 53.8. The highest BCUT2D eigenvalue weighted by molar-refractivity contribution is 7.87. The third kappa shape index (κ3) is 35.3. The number of nitrogens with zero attached hydrogens (tertiary/aromatic N) is 4. The molecular formula is C103H156F6N4O12S4. The van der Waals surface area contributed by atoms with Gasteiger partial charge in [-0.05, 0) is 241 Å². The van der Waals surface area contributed by atoms with Gasteiger partial charge in [0.25, 0.3) is 0 Å². The molecule has 0 radical (unpaired) electrons. The van der Waals surface area contributed by atoms with E-state index in [1.54, 1.807) is 58.9 Å². The van der Waals surface area contributed by atoms with Crippen LogP contribution in [0.25, 0.3) is 0 Å². The van der Waals surface area contributed by atoms with Gasteiger partial charge in [0, 0.05) is 0 Å². The summed E-state index contributed by atoms with van der Waals surface area (Å²) in [4.78, 5) is -0.601. The zero-order valence-corrected chi connectivity index (χ0v) is 78.4. The van der Waals surface area contributed by atoms with Crippen LogP contribution in [0.2, 0.25) is 0 Å². The molecule has 0 aliphatic rings. The van der Waals surface area contributed by atoms with Crippen LogP contribution in [-0.2, 0) is 70.0 Å². The first-order valence-corrected chi connectivity index (χ1v) is 46.8. The quantitative estimate of drug-likeness (QED) is 0.0233. The lowest BCUT2D eigenvalue weighted by atomic mass is 9.89. The van der Waals surface area contributed by atoms with Crippen LogP contribution in [-0.4, -0.2) is 56.5 Å². The summed E-state index contributed by atoms with van der Waals surface area (Å²) >= 11 is 0. The Kier molecular flexibility index (Phi) is 53.0. The Morgan fingerprint density at radius 3 is 0.674 bits per heavy atom. The van der Waals surface area contributed by atoms with Crippen molar-refractivity contribution in [3.63, 3.8) is 0 Å². The second-order valence-electron chi connectivity index (χ2n) is 33.0. The largest absolute Gasteiger partial charge is 0.416 e. The van der Waals surface area contributed by atoms with Gasteiger partial charge < -0.3 is 0 Å². The number of alkyl halides is 6. The van der Waals surface area contributed by atoms with Crippen molar-refractivity contribution in [3.8, 4) is 0 Å². The van der Waals surface area contributed by atoms with Gasteiger partial charge in [-0.3, -0.25) is 17.1 Å². The molecular weight excluding hydrogens is 1730 g/mol. The van der Waals surface area contributed by atoms with Crippen molar-refractivity contribution in [3.05, 3.63) is 257 Å². The molecule has 0 bridgehead atoms. The second-order valence-corrected chi connectivity index (χ2v) is 38.9. The fourth-order valence-corrected chi connectivity index (χ4v) is 17.9. The first-order chi connectivity index (χ1) is 56.1. The van der Waals surface area contributed by atoms with Crippen LogP contribution in [0.4, 0.5) is 26.3 Å². The van der Waals surface area contributed by atoms with E-state index in [0.717, 1.165) is 86.9 Å². The van der Waals surface area contributed by atoms with Gasteiger partial charge in [0.15, 0.2) is 0 Å². The van der Waals surface area contributed by atoms with Gasteiger partial charge in [0.05, 0.1) is 34.0 Å². The molecule has 129 heavy (non-hydrogen) atoms. The minimum absolute atomic E-state index is 0. The lowest BCUT2D eigenvalue weighted by molar-refractivity contribution is -0.143. The summed E-state index contributed by atoms with van der Waals surface area (Å²) in [6.07, 6.45) is -6.27. The Morgan fingerprint density at radius 2 is 0.488 bits per heavy atom. The van der Waals surface area contributed by atoms with Gasteiger partial charge in [-0.2, -0.15) is 60.0 Å². The number of rotatable bonds is 30. The van der Waals surface area contributed by atoms with Crippen molar-refractivity contribution in [1.82, 2.24) is 0 Å². The van der Waals surface area contributed by atoms with Gasteiger partial charge in [0.1, 0.15) is 19.6 Å². The van der Waals surface area contributed by atoms with Crippen LogP contribution in [0.3, 0.4) is 0 Å². The zero-order valence-electron chi connectivity index (χ0n) is 75.1. The standard InChI is InChI=1S/2C27H39NO3S.C21H27NO3S.C20H19F6NO3S.8CH4/c2*1-10-20(8)22-11-13-23(14-12-22)21(9)28-31-32(29,30)27-25(18(4)5)15-24(17(2)3)16-26(27)19(6)7;1-7-15(3)19-8-10-20(11-9-19)18(6)22-25-26(23,24)21-16(4)12-14(2)13-17(21)5;1-4-12(2)14-5-7-15(8-6-14)13(3)27-30-31(28,29)18-10-16(19(21,22)23)9-17(11-18)20(24,25)26;;;;;;;;/h2*11-20H,10H2,1-9H3;8-13,15H,7H2,1-6H3;5-12H,4H2,1-3H3;8*1H4/b2*28-21-;22-18-;27-13-;;;;;;;;. The number of hydrogen-bond acceptors (Lipinski definition) is 16. The normalized spacial score (nSPS) is 13.0. The Hall–Kier alpha value is -8.98. The highest BCUT2D eigenvalue weighted by Gasteiger charge is 2.39. The number of oxime groups is 4. The van der Waals surface area contributed by atoms with Crippen molar-refractivity contribution in [2.45, 2.75) is 363 Å². The predicted molar refractivity (Wildman–Crippen MR) is 531 cm³/mol. The molecule has 0 amide bonds. The van der Waals surface area contributed by atoms with Crippen molar-refractivity contribution in [2.24, 2.45) is 20.6 Å². The first kappa shape index (κ1) is 126. The van der Waals surface area contributed by atoms with Crippen molar-refractivity contribution in [1.29, 1.82) is 0 Å². The molecule has 4 unspecified atom stereocenters. The van der Waals surface area contributed by atoms with Crippen LogP contribution in [0.5, 0.6) is 0 Å². The van der Waals surface area contributed by atoms with Gasteiger partial charge in [-0.1, -0.05) is 358 Å². The molecule has 8 aromatic rings. The van der Waals surface area contributed by atoms with E-state index in [1.165, 1.54) is 23.6 Å². The van der Waals surface area contributed by atoms with E-state index in [0.29, 0.717) is 69.3 Å². The monoisotopic (exact) mass is 1880 g/mol. The second kappa shape index (κ2) is 54.1. The molecule has 0 aliphatic carbocycles. The molecule has 0 N–H and O–H groups in total.